The molecule has 136 valence electrons. The quantitative estimate of drug-likeness (QED) is 0.505. The van der Waals surface area contributed by atoms with Crippen molar-refractivity contribution in [2.24, 2.45) is 0 Å². The Kier molecular flexibility index (Phi) is 5.87. The number of aromatic amines is 1. The number of carbonyl (C=O) groups excluding carboxylic acids is 1. The number of aromatic hydroxyl groups is 1. The number of rotatable bonds is 7. The lowest BCUT2D eigenvalue weighted by atomic mass is 10.1. The molecule has 0 unspecified atom stereocenters. The van der Waals surface area contributed by atoms with Crippen LogP contribution >= 0.6 is 0 Å². The lowest BCUT2D eigenvalue weighted by Crippen LogP contribution is -3.05. The van der Waals surface area contributed by atoms with E-state index in [9.17, 15) is 14.7 Å². The summed E-state index contributed by atoms with van der Waals surface area (Å²) in [6.45, 7) is 1.31. The lowest BCUT2D eigenvalue weighted by molar-refractivity contribution is -0.858. The Balaban J connectivity index is 2.37. The molecule has 0 radical (unpaired) electrons. The molecule has 0 saturated heterocycles. The van der Waals surface area contributed by atoms with Gasteiger partial charge in [0.1, 0.15) is 11.3 Å². The number of fused-ring (bicyclic) bond motifs is 1. The first-order valence-electron chi connectivity index (χ1n) is 7.97. The van der Waals surface area contributed by atoms with E-state index in [4.69, 9.17) is 9.47 Å². The summed E-state index contributed by atoms with van der Waals surface area (Å²) in [5.41, 5.74) is -0.613. The molecule has 25 heavy (non-hydrogen) atoms. The van der Waals surface area contributed by atoms with E-state index >= 15 is 0 Å². The van der Waals surface area contributed by atoms with Gasteiger partial charge in [0.25, 0.3) is 11.5 Å². The van der Waals surface area contributed by atoms with Gasteiger partial charge in [-0.3, -0.25) is 9.59 Å². The maximum absolute atomic E-state index is 12.3. The Morgan fingerprint density at radius 2 is 1.88 bits per heavy atom. The second-order valence-corrected chi connectivity index (χ2v) is 6.00. The number of hydrogen-bond donors (Lipinski definition) is 4. The van der Waals surface area contributed by atoms with Crippen LogP contribution in [0.25, 0.3) is 10.9 Å². The molecule has 2 rings (SSSR count). The summed E-state index contributed by atoms with van der Waals surface area (Å²) in [6, 6.07) is 3.06. The van der Waals surface area contributed by atoms with Crippen LogP contribution in [0.2, 0.25) is 0 Å². The minimum absolute atomic E-state index is 0.306. The number of benzene rings is 1. The van der Waals surface area contributed by atoms with E-state index in [2.05, 4.69) is 10.3 Å². The van der Waals surface area contributed by atoms with Gasteiger partial charge in [-0.2, -0.15) is 0 Å². The van der Waals surface area contributed by atoms with Crippen LogP contribution in [0.1, 0.15) is 16.8 Å². The molecule has 8 heteroatoms. The number of quaternary nitrogens is 1. The number of ether oxygens (including phenoxy) is 2. The summed E-state index contributed by atoms with van der Waals surface area (Å²) in [4.78, 5) is 28.4. The van der Waals surface area contributed by atoms with Gasteiger partial charge in [0.05, 0.1) is 40.4 Å². The van der Waals surface area contributed by atoms with Crippen LogP contribution in [-0.4, -0.2) is 57.4 Å². The van der Waals surface area contributed by atoms with Crippen molar-refractivity contribution < 1.29 is 24.3 Å². The first kappa shape index (κ1) is 18.6. The predicted molar refractivity (Wildman–Crippen MR) is 94.0 cm³/mol. The predicted octanol–water partition coefficient (Wildman–Crippen LogP) is -0.485. The third-order valence-electron chi connectivity index (χ3n) is 3.86. The molecule has 1 aromatic carbocycles. The molecule has 2 aromatic rings. The van der Waals surface area contributed by atoms with E-state index in [-0.39, 0.29) is 11.3 Å². The first-order valence-corrected chi connectivity index (χ1v) is 7.97. The minimum atomic E-state index is -0.659. The molecule has 0 aliphatic heterocycles. The third kappa shape index (κ3) is 4.03. The highest BCUT2D eigenvalue weighted by atomic mass is 16.5. The second-order valence-electron chi connectivity index (χ2n) is 6.00. The van der Waals surface area contributed by atoms with Crippen LogP contribution < -0.4 is 25.2 Å². The highest BCUT2D eigenvalue weighted by molar-refractivity contribution is 6.02. The van der Waals surface area contributed by atoms with E-state index in [0.717, 1.165) is 13.0 Å². The first-order chi connectivity index (χ1) is 11.9. The molecule has 0 bridgehead atoms. The molecule has 0 fully saturated rings. The summed E-state index contributed by atoms with van der Waals surface area (Å²) in [6.07, 6.45) is 0.769. The number of carbonyl (C=O) groups is 1. The zero-order valence-corrected chi connectivity index (χ0v) is 14.9. The summed E-state index contributed by atoms with van der Waals surface area (Å²) < 4.78 is 10.4. The van der Waals surface area contributed by atoms with Gasteiger partial charge in [0.15, 0.2) is 11.5 Å². The van der Waals surface area contributed by atoms with Crippen molar-refractivity contribution in [1.29, 1.82) is 0 Å². The number of aromatic nitrogens is 1. The van der Waals surface area contributed by atoms with Crippen molar-refractivity contribution in [1.82, 2.24) is 10.3 Å². The normalized spacial score (nSPS) is 10.9. The Bertz CT molecular complexity index is 829. The zero-order chi connectivity index (χ0) is 18.6. The van der Waals surface area contributed by atoms with Crippen LogP contribution in [-0.2, 0) is 0 Å². The molecule has 0 atom stereocenters. The van der Waals surface area contributed by atoms with Crippen molar-refractivity contribution in [3.8, 4) is 17.2 Å². The summed E-state index contributed by atoms with van der Waals surface area (Å²) >= 11 is 0. The average Bonchev–Trinajstić information content (AvgIpc) is 2.57. The number of amides is 1. The number of hydrogen-bond acceptors (Lipinski definition) is 5. The van der Waals surface area contributed by atoms with Crippen molar-refractivity contribution >= 4 is 16.8 Å². The lowest BCUT2D eigenvalue weighted by Gasteiger charge is -2.12. The number of methoxy groups -OCH3 is 2. The molecule has 1 amide bonds. The summed E-state index contributed by atoms with van der Waals surface area (Å²) in [5, 5.41) is 13.4. The maximum atomic E-state index is 12.3. The standard InChI is InChI=1S/C17H23N3O5/c1-20(2)7-5-6-18-16(22)14-15(21)10-8-12(24-3)13(25-4)9-11(10)19-17(14)23/h8-9H,5-7H2,1-4H3,(H,18,22)(H2,19,21,23)/p+1. The molecule has 8 nitrogen and oxygen atoms in total. The molecule has 1 heterocycles. The van der Waals surface area contributed by atoms with Crippen LogP contribution in [0.3, 0.4) is 0 Å². The van der Waals surface area contributed by atoms with Crippen LogP contribution in [0.5, 0.6) is 17.2 Å². The largest absolute Gasteiger partial charge is 0.506 e. The SMILES string of the molecule is COc1cc2[nH]c(=O)c(C(=O)NCCC[NH+](C)C)c(O)c2cc1OC. The molecule has 0 aliphatic rings. The highest BCUT2D eigenvalue weighted by Gasteiger charge is 2.20. The fourth-order valence-corrected chi connectivity index (χ4v) is 2.55. The minimum Gasteiger partial charge on any atom is -0.506 e. The van der Waals surface area contributed by atoms with Crippen LogP contribution in [0, 0.1) is 0 Å². The smallest absolute Gasteiger partial charge is 0.265 e. The van der Waals surface area contributed by atoms with Crippen molar-refractivity contribution in [3.05, 3.63) is 28.0 Å². The Hall–Kier alpha value is -2.74. The molecule has 0 spiro atoms. The zero-order valence-electron chi connectivity index (χ0n) is 14.9. The van der Waals surface area contributed by atoms with Crippen molar-refractivity contribution in [2.75, 3.05) is 41.4 Å². The third-order valence-corrected chi connectivity index (χ3v) is 3.86. The van der Waals surface area contributed by atoms with Crippen LogP contribution in [0.4, 0.5) is 0 Å². The van der Waals surface area contributed by atoms with Gasteiger partial charge in [0, 0.05) is 24.4 Å². The van der Waals surface area contributed by atoms with Gasteiger partial charge in [-0.15, -0.1) is 0 Å². The fourth-order valence-electron chi connectivity index (χ4n) is 2.55. The molecule has 1 aromatic heterocycles. The number of pyridine rings is 1. The molecular weight excluding hydrogens is 326 g/mol. The van der Waals surface area contributed by atoms with Gasteiger partial charge in [-0.25, -0.2) is 0 Å². The fraction of sp³-hybridized carbons (Fsp3) is 0.412. The monoisotopic (exact) mass is 350 g/mol. The van der Waals surface area contributed by atoms with E-state index in [0.29, 0.717) is 28.9 Å². The summed E-state index contributed by atoms with van der Waals surface area (Å²) in [7, 11) is 6.97. The molecule has 0 saturated carbocycles. The van der Waals surface area contributed by atoms with Crippen molar-refractivity contribution in [2.45, 2.75) is 6.42 Å². The van der Waals surface area contributed by atoms with Crippen molar-refractivity contribution in [3.63, 3.8) is 0 Å². The summed E-state index contributed by atoms with van der Waals surface area (Å²) in [5.74, 6) is -0.189. The molecule has 0 aliphatic carbocycles. The van der Waals surface area contributed by atoms with Gasteiger partial charge >= 0.3 is 0 Å². The Morgan fingerprint density at radius 3 is 2.48 bits per heavy atom. The van der Waals surface area contributed by atoms with Gasteiger partial charge < -0.3 is 29.8 Å². The Morgan fingerprint density at radius 1 is 1.24 bits per heavy atom. The Labute approximate surface area is 145 Å². The van der Waals surface area contributed by atoms with E-state index < -0.39 is 11.5 Å². The average molecular weight is 350 g/mol. The number of nitrogens with one attached hydrogen (secondary N) is 3. The van der Waals surface area contributed by atoms with Crippen LogP contribution in [0.15, 0.2) is 16.9 Å². The topological polar surface area (TPSA) is 105 Å². The highest BCUT2D eigenvalue weighted by Crippen LogP contribution is 2.35. The molecular formula is C17H24N3O5+. The van der Waals surface area contributed by atoms with E-state index in [1.165, 1.54) is 31.3 Å². The van der Waals surface area contributed by atoms with Gasteiger partial charge in [-0.1, -0.05) is 0 Å². The maximum Gasteiger partial charge on any atom is 0.265 e. The van der Waals surface area contributed by atoms with E-state index in [1.807, 2.05) is 14.1 Å². The van der Waals surface area contributed by atoms with Gasteiger partial charge in [0.2, 0.25) is 0 Å². The van der Waals surface area contributed by atoms with E-state index in [1.54, 1.807) is 0 Å². The molecule has 4 N–H and O–H groups in total. The van der Waals surface area contributed by atoms with Gasteiger partial charge in [-0.05, 0) is 6.07 Å². The second kappa shape index (κ2) is 7.89. The number of H-pyrrole nitrogens is 1.